The van der Waals surface area contributed by atoms with E-state index < -0.39 is 24.0 Å². The van der Waals surface area contributed by atoms with Gasteiger partial charge in [-0.05, 0) is 48.2 Å². The molecule has 1 heterocycles. The van der Waals surface area contributed by atoms with Crippen LogP contribution in [0.3, 0.4) is 0 Å². The van der Waals surface area contributed by atoms with E-state index in [1.807, 2.05) is 0 Å². The highest BCUT2D eigenvalue weighted by molar-refractivity contribution is 5.86. The number of aromatic nitrogens is 2. The van der Waals surface area contributed by atoms with Gasteiger partial charge in [-0.25, -0.2) is 0 Å². The van der Waals surface area contributed by atoms with Crippen LogP contribution in [-0.2, 0) is 18.8 Å². The van der Waals surface area contributed by atoms with E-state index >= 15 is 0 Å². The van der Waals surface area contributed by atoms with Crippen LogP contribution in [0.4, 0.5) is 13.2 Å². The van der Waals surface area contributed by atoms with Gasteiger partial charge in [-0.3, -0.25) is 4.68 Å². The van der Waals surface area contributed by atoms with Gasteiger partial charge in [0.2, 0.25) is 5.60 Å². The molecule has 1 aromatic heterocycles. The quantitative estimate of drug-likeness (QED) is 0.605. The Balaban J connectivity index is 1.92. The van der Waals surface area contributed by atoms with Crippen molar-refractivity contribution in [3.05, 3.63) is 65.5 Å². The van der Waals surface area contributed by atoms with Crippen molar-refractivity contribution in [2.24, 2.45) is 0 Å². The lowest BCUT2D eigenvalue weighted by Gasteiger charge is -2.28. The van der Waals surface area contributed by atoms with E-state index in [2.05, 4.69) is 5.10 Å². The number of aliphatic hydroxyl groups is 3. The first kappa shape index (κ1) is 20.6. The third kappa shape index (κ3) is 3.12. The van der Waals surface area contributed by atoms with E-state index in [1.54, 1.807) is 32.2 Å². The summed E-state index contributed by atoms with van der Waals surface area (Å²) in [5.74, 6) is 0. The molecule has 0 bridgehead atoms. The number of halogens is 3. The molecule has 0 fully saturated rings. The predicted octanol–water partition coefficient (Wildman–Crippen LogP) is 3.59. The molecule has 1 atom stereocenters. The molecule has 3 N–H and O–H groups in total. The van der Waals surface area contributed by atoms with Crippen LogP contribution in [0.5, 0.6) is 0 Å². The third-order valence-electron chi connectivity index (χ3n) is 5.29. The van der Waals surface area contributed by atoms with Crippen LogP contribution in [0.1, 0.15) is 30.5 Å². The van der Waals surface area contributed by atoms with Crippen molar-refractivity contribution in [1.82, 2.24) is 9.78 Å². The lowest BCUT2D eigenvalue weighted by atomic mass is 9.88. The monoisotopic (exact) mass is 418 g/mol. The molecule has 0 radical (unpaired) electrons. The zero-order valence-electron chi connectivity index (χ0n) is 16.4. The topological polar surface area (TPSA) is 78.5 Å². The minimum Gasteiger partial charge on any atom is -0.392 e. The summed E-state index contributed by atoms with van der Waals surface area (Å²) in [6, 6.07) is 8.71. The molecule has 1 unspecified atom stereocenters. The first-order valence-electron chi connectivity index (χ1n) is 9.38. The Morgan fingerprint density at radius 3 is 2.40 bits per heavy atom. The maximum absolute atomic E-state index is 14.1. The SMILES string of the molecule is CC(C)(O)Cn1cc(-c2cc(CO)c3c(c2)C(O)(C(F)(F)F)c2ccccc2-3)cn1. The summed E-state index contributed by atoms with van der Waals surface area (Å²) >= 11 is 0. The Bertz CT molecular complexity index is 1120. The Kier molecular flexibility index (Phi) is 4.57. The van der Waals surface area contributed by atoms with Crippen molar-refractivity contribution in [2.45, 2.75) is 44.4 Å². The van der Waals surface area contributed by atoms with E-state index in [4.69, 9.17) is 0 Å². The first-order valence-corrected chi connectivity index (χ1v) is 9.38. The van der Waals surface area contributed by atoms with Gasteiger partial charge in [-0.15, -0.1) is 0 Å². The molecule has 2 aromatic carbocycles. The van der Waals surface area contributed by atoms with Gasteiger partial charge in [0.25, 0.3) is 0 Å². The van der Waals surface area contributed by atoms with Gasteiger partial charge in [0.05, 0.1) is 24.9 Å². The molecule has 8 heteroatoms. The molecule has 0 saturated carbocycles. The number of hydrogen-bond acceptors (Lipinski definition) is 4. The van der Waals surface area contributed by atoms with Crippen LogP contribution in [0.25, 0.3) is 22.3 Å². The maximum Gasteiger partial charge on any atom is 0.425 e. The molecule has 0 saturated heterocycles. The largest absolute Gasteiger partial charge is 0.425 e. The van der Waals surface area contributed by atoms with Crippen molar-refractivity contribution in [1.29, 1.82) is 0 Å². The fraction of sp³-hybridized carbons (Fsp3) is 0.318. The molecular formula is C22H21F3N2O3. The summed E-state index contributed by atoms with van der Waals surface area (Å²) in [4.78, 5) is 0. The third-order valence-corrected chi connectivity index (χ3v) is 5.29. The van der Waals surface area contributed by atoms with Crippen LogP contribution < -0.4 is 0 Å². The standard InChI is InChI=1S/C22H21F3N2O3/c1-20(2,29)12-27-10-15(9-26-27)13-7-14(11-28)19-16-5-3-4-6-17(16)21(30,18(19)8-13)22(23,24)25/h3-10,28-30H,11-12H2,1-2H3. The second kappa shape index (κ2) is 6.66. The number of hydrogen-bond donors (Lipinski definition) is 3. The van der Waals surface area contributed by atoms with Crippen LogP contribution in [0.2, 0.25) is 0 Å². The van der Waals surface area contributed by atoms with Crippen LogP contribution in [0.15, 0.2) is 48.8 Å². The summed E-state index contributed by atoms with van der Waals surface area (Å²) in [6.45, 7) is 2.95. The van der Waals surface area contributed by atoms with Crippen LogP contribution in [0, 0.1) is 0 Å². The number of rotatable bonds is 4. The van der Waals surface area contributed by atoms with E-state index in [9.17, 15) is 28.5 Å². The van der Waals surface area contributed by atoms with Crippen molar-refractivity contribution in [3.8, 4) is 22.3 Å². The Morgan fingerprint density at radius 2 is 1.77 bits per heavy atom. The summed E-state index contributed by atoms with van der Waals surface area (Å²) in [5, 5.41) is 35.0. The first-order chi connectivity index (χ1) is 14.0. The van der Waals surface area contributed by atoms with Gasteiger partial charge >= 0.3 is 6.18 Å². The molecule has 1 aliphatic carbocycles. The zero-order chi connectivity index (χ0) is 21.9. The van der Waals surface area contributed by atoms with Crippen LogP contribution >= 0.6 is 0 Å². The van der Waals surface area contributed by atoms with Crippen molar-refractivity contribution >= 4 is 0 Å². The van der Waals surface area contributed by atoms with Crippen molar-refractivity contribution < 1.29 is 28.5 Å². The van der Waals surface area contributed by atoms with Gasteiger partial charge < -0.3 is 15.3 Å². The number of aliphatic hydroxyl groups excluding tert-OH is 1. The minimum atomic E-state index is -4.95. The van der Waals surface area contributed by atoms with Gasteiger partial charge in [0.15, 0.2) is 0 Å². The Labute approximate surface area is 171 Å². The fourth-order valence-corrected chi connectivity index (χ4v) is 4.06. The summed E-state index contributed by atoms with van der Waals surface area (Å²) in [6.07, 6.45) is -1.87. The molecule has 1 aliphatic rings. The highest BCUT2D eigenvalue weighted by Gasteiger charge is 2.61. The van der Waals surface area contributed by atoms with Gasteiger partial charge in [0.1, 0.15) is 0 Å². The van der Waals surface area contributed by atoms with Crippen LogP contribution in [-0.4, -0.2) is 36.9 Å². The molecule has 3 aromatic rings. The molecule has 0 aliphatic heterocycles. The number of fused-ring (bicyclic) bond motifs is 3. The molecule has 158 valence electrons. The molecule has 4 rings (SSSR count). The van der Waals surface area contributed by atoms with E-state index in [-0.39, 0.29) is 34.4 Å². The molecular weight excluding hydrogens is 397 g/mol. The molecule has 5 nitrogen and oxygen atoms in total. The molecule has 0 spiro atoms. The van der Waals surface area contributed by atoms with E-state index in [1.165, 1.54) is 35.1 Å². The zero-order valence-corrected chi connectivity index (χ0v) is 16.4. The van der Waals surface area contributed by atoms with E-state index in [0.717, 1.165) is 0 Å². The van der Waals surface area contributed by atoms with Gasteiger partial charge in [0, 0.05) is 22.9 Å². The predicted molar refractivity (Wildman–Crippen MR) is 104 cm³/mol. The van der Waals surface area contributed by atoms with E-state index in [0.29, 0.717) is 11.1 Å². The summed E-state index contributed by atoms with van der Waals surface area (Å²) in [5.41, 5.74) is -3.14. The molecule has 30 heavy (non-hydrogen) atoms. The minimum absolute atomic E-state index is 0.195. The van der Waals surface area contributed by atoms with Crippen molar-refractivity contribution in [2.75, 3.05) is 0 Å². The maximum atomic E-state index is 14.1. The summed E-state index contributed by atoms with van der Waals surface area (Å²) in [7, 11) is 0. The number of alkyl halides is 3. The average Bonchev–Trinajstić information content (AvgIpc) is 3.21. The number of nitrogens with zero attached hydrogens (tertiary/aromatic N) is 2. The Morgan fingerprint density at radius 1 is 1.07 bits per heavy atom. The average molecular weight is 418 g/mol. The normalized spacial score (nSPS) is 18.4. The number of benzene rings is 2. The highest BCUT2D eigenvalue weighted by atomic mass is 19.4. The smallest absolute Gasteiger partial charge is 0.392 e. The van der Waals surface area contributed by atoms with Crippen molar-refractivity contribution in [3.63, 3.8) is 0 Å². The highest BCUT2D eigenvalue weighted by Crippen LogP contribution is 2.56. The van der Waals surface area contributed by atoms with Gasteiger partial charge in [-0.2, -0.15) is 18.3 Å². The Hall–Kier alpha value is -2.68. The fourth-order valence-electron chi connectivity index (χ4n) is 4.06. The lowest BCUT2D eigenvalue weighted by Crippen LogP contribution is -2.41. The summed E-state index contributed by atoms with van der Waals surface area (Å²) < 4.78 is 43.8. The van der Waals surface area contributed by atoms with Gasteiger partial charge in [-0.1, -0.05) is 24.3 Å². The molecule has 0 amide bonds. The lowest BCUT2D eigenvalue weighted by molar-refractivity contribution is -0.246. The second-order valence-electron chi connectivity index (χ2n) is 8.21. The second-order valence-corrected chi connectivity index (χ2v) is 8.21.